The molecular weight excluding hydrogens is 314 g/mol. The Kier molecular flexibility index (Phi) is 6.91. The highest BCUT2D eigenvalue weighted by Crippen LogP contribution is 2.21. The fourth-order valence-electron chi connectivity index (χ4n) is 3.70. The van der Waals surface area contributed by atoms with E-state index in [-0.39, 0.29) is 23.7 Å². The summed E-state index contributed by atoms with van der Waals surface area (Å²) in [6.07, 6.45) is 2.25. The van der Waals surface area contributed by atoms with Crippen molar-refractivity contribution in [3.05, 3.63) is 0 Å². The first-order valence-corrected chi connectivity index (χ1v) is 9.94. The molecule has 0 saturated carbocycles. The van der Waals surface area contributed by atoms with Gasteiger partial charge < -0.3 is 14.5 Å². The van der Waals surface area contributed by atoms with Crippen LogP contribution in [0.25, 0.3) is 0 Å². The van der Waals surface area contributed by atoms with Gasteiger partial charge >= 0.3 is 0 Å². The molecule has 2 fully saturated rings. The maximum absolute atomic E-state index is 12.3. The number of piperidine rings is 1. The Morgan fingerprint density at radius 1 is 0.920 bits per heavy atom. The summed E-state index contributed by atoms with van der Waals surface area (Å²) in [6.45, 7) is 20.8. The lowest BCUT2D eigenvalue weighted by atomic mass is 9.95. The normalized spacial score (nSPS) is 22.4. The third-order valence-electron chi connectivity index (χ3n) is 5.43. The van der Waals surface area contributed by atoms with E-state index < -0.39 is 0 Å². The van der Waals surface area contributed by atoms with Crippen LogP contribution in [0.3, 0.4) is 0 Å². The molecule has 0 radical (unpaired) electrons. The average Bonchev–Trinajstić information content (AvgIpc) is 2.52. The molecular formula is C20H39N3O2. The topological polar surface area (TPSA) is 36.0 Å². The van der Waals surface area contributed by atoms with Gasteiger partial charge in [-0.2, -0.15) is 0 Å². The van der Waals surface area contributed by atoms with Crippen molar-refractivity contribution in [1.29, 1.82) is 0 Å². The molecule has 1 amide bonds. The van der Waals surface area contributed by atoms with Gasteiger partial charge in [-0.05, 0) is 60.3 Å². The van der Waals surface area contributed by atoms with Crippen LogP contribution in [0.2, 0.25) is 0 Å². The first-order chi connectivity index (χ1) is 11.5. The van der Waals surface area contributed by atoms with E-state index in [1.54, 1.807) is 0 Å². The molecule has 5 heteroatoms. The lowest BCUT2D eigenvalue weighted by Crippen LogP contribution is -2.54. The minimum absolute atomic E-state index is 0.146. The van der Waals surface area contributed by atoms with Crippen LogP contribution in [0.5, 0.6) is 0 Å². The summed E-state index contributed by atoms with van der Waals surface area (Å²) in [5.74, 6) is 0.876. The molecule has 0 spiro atoms. The van der Waals surface area contributed by atoms with Crippen LogP contribution in [0.4, 0.5) is 0 Å². The highest BCUT2D eigenvalue weighted by molar-refractivity contribution is 5.77. The molecule has 0 N–H and O–H groups in total. The molecule has 0 unspecified atom stereocenters. The van der Waals surface area contributed by atoms with Gasteiger partial charge in [0.15, 0.2) is 0 Å². The Balaban J connectivity index is 1.67. The van der Waals surface area contributed by atoms with Gasteiger partial charge in [0.1, 0.15) is 6.61 Å². The molecule has 2 heterocycles. The first kappa shape index (κ1) is 20.7. The second-order valence-corrected chi connectivity index (χ2v) is 9.68. The summed E-state index contributed by atoms with van der Waals surface area (Å²) >= 11 is 0. The van der Waals surface area contributed by atoms with Gasteiger partial charge in [0.2, 0.25) is 5.91 Å². The van der Waals surface area contributed by atoms with Gasteiger partial charge in [-0.15, -0.1) is 0 Å². The Bertz CT molecular complexity index is 423. The van der Waals surface area contributed by atoms with Crippen LogP contribution >= 0.6 is 0 Å². The molecule has 0 aromatic rings. The quantitative estimate of drug-likeness (QED) is 0.778. The molecule has 2 saturated heterocycles. The summed E-state index contributed by atoms with van der Waals surface area (Å²) < 4.78 is 5.63. The molecule has 0 aliphatic carbocycles. The highest BCUT2D eigenvalue weighted by Gasteiger charge is 2.29. The van der Waals surface area contributed by atoms with Crippen molar-refractivity contribution in [3.63, 3.8) is 0 Å². The number of hydrogen-bond donors (Lipinski definition) is 0. The van der Waals surface area contributed by atoms with Crippen molar-refractivity contribution in [2.75, 3.05) is 52.4 Å². The van der Waals surface area contributed by atoms with Gasteiger partial charge in [0.05, 0.1) is 5.60 Å². The fourth-order valence-corrected chi connectivity index (χ4v) is 3.70. The number of ether oxygens (including phenoxy) is 1. The largest absolute Gasteiger partial charge is 0.366 e. The smallest absolute Gasteiger partial charge is 0.248 e. The van der Waals surface area contributed by atoms with Crippen molar-refractivity contribution >= 4 is 5.91 Å². The van der Waals surface area contributed by atoms with E-state index in [0.717, 1.165) is 31.8 Å². The number of nitrogens with zero attached hydrogens (tertiary/aromatic N) is 3. The van der Waals surface area contributed by atoms with E-state index in [9.17, 15) is 4.79 Å². The summed E-state index contributed by atoms with van der Waals surface area (Å²) in [4.78, 5) is 19.4. The van der Waals surface area contributed by atoms with E-state index in [1.807, 2.05) is 25.7 Å². The van der Waals surface area contributed by atoms with Crippen LogP contribution in [0, 0.1) is 5.92 Å². The van der Waals surface area contributed by atoms with E-state index >= 15 is 0 Å². The maximum Gasteiger partial charge on any atom is 0.248 e. The lowest BCUT2D eigenvalue weighted by Gasteiger charge is -2.43. The van der Waals surface area contributed by atoms with E-state index in [2.05, 4.69) is 30.6 Å². The average molecular weight is 354 g/mol. The summed E-state index contributed by atoms with van der Waals surface area (Å²) in [5.41, 5.74) is 0.0378. The maximum atomic E-state index is 12.3. The zero-order valence-corrected chi connectivity index (χ0v) is 17.3. The van der Waals surface area contributed by atoms with E-state index in [1.165, 1.54) is 32.7 Å². The third-order valence-corrected chi connectivity index (χ3v) is 5.43. The van der Waals surface area contributed by atoms with E-state index in [0.29, 0.717) is 0 Å². The van der Waals surface area contributed by atoms with Crippen LogP contribution in [-0.4, -0.2) is 84.2 Å². The van der Waals surface area contributed by atoms with Gasteiger partial charge in [0, 0.05) is 51.4 Å². The van der Waals surface area contributed by atoms with Crippen LogP contribution in [0.15, 0.2) is 0 Å². The number of rotatable bonds is 4. The molecule has 0 aromatic heterocycles. The van der Waals surface area contributed by atoms with E-state index in [4.69, 9.17) is 4.74 Å². The van der Waals surface area contributed by atoms with Crippen LogP contribution < -0.4 is 0 Å². The van der Waals surface area contributed by atoms with Crippen LogP contribution in [-0.2, 0) is 9.53 Å². The van der Waals surface area contributed by atoms with Gasteiger partial charge in [-0.25, -0.2) is 0 Å². The Morgan fingerprint density at radius 3 is 1.96 bits per heavy atom. The minimum Gasteiger partial charge on any atom is -0.366 e. The number of carbonyl (C=O) groups is 1. The third kappa shape index (κ3) is 6.87. The lowest BCUT2D eigenvalue weighted by molar-refractivity contribution is -0.142. The van der Waals surface area contributed by atoms with Crippen molar-refractivity contribution in [2.24, 2.45) is 5.92 Å². The minimum atomic E-state index is -0.247. The van der Waals surface area contributed by atoms with Gasteiger partial charge in [-0.1, -0.05) is 0 Å². The van der Waals surface area contributed by atoms with Crippen molar-refractivity contribution < 1.29 is 9.53 Å². The molecule has 146 valence electrons. The van der Waals surface area contributed by atoms with Crippen LogP contribution in [0.1, 0.15) is 54.4 Å². The summed E-state index contributed by atoms with van der Waals surface area (Å²) in [5, 5.41) is 0. The number of carbonyl (C=O) groups excluding carboxylic acids is 1. The van der Waals surface area contributed by atoms with Crippen molar-refractivity contribution in [2.45, 2.75) is 65.5 Å². The number of likely N-dealkylation sites (tertiary alicyclic amines) is 1. The molecule has 2 aliphatic heterocycles. The Morgan fingerprint density at radius 2 is 1.48 bits per heavy atom. The number of amides is 1. The SMILES string of the molecule is CC(C)(C)OCC(=O)N1CCC(CN2CCN(C(C)(C)C)CC2)CC1. The number of piperazine rings is 1. The molecule has 2 rings (SSSR count). The van der Waals surface area contributed by atoms with Crippen molar-refractivity contribution in [1.82, 2.24) is 14.7 Å². The molecule has 0 atom stereocenters. The fraction of sp³-hybridized carbons (Fsp3) is 0.950. The van der Waals surface area contributed by atoms with Gasteiger partial charge in [-0.3, -0.25) is 9.69 Å². The number of hydrogen-bond acceptors (Lipinski definition) is 4. The monoisotopic (exact) mass is 353 g/mol. The standard InChI is InChI=1S/C20H39N3O2/c1-19(2,3)23-13-11-21(12-14-23)15-17-7-9-22(10-8-17)18(24)16-25-20(4,5)6/h17H,7-16H2,1-6H3. The zero-order chi connectivity index (χ0) is 18.7. The van der Waals surface area contributed by atoms with Crippen molar-refractivity contribution in [3.8, 4) is 0 Å². The van der Waals surface area contributed by atoms with Gasteiger partial charge in [0.25, 0.3) is 0 Å². The first-order valence-electron chi connectivity index (χ1n) is 9.94. The summed E-state index contributed by atoms with van der Waals surface area (Å²) in [7, 11) is 0. The highest BCUT2D eigenvalue weighted by atomic mass is 16.5. The zero-order valence-electron chi connectivity index (χ0n) is 17.3. The molecule has 0 aromatic carbocycles. The molecule has 5 nitrogen and oxygen atoms in total. The second kappa shape index (κ2) is 8.36. The molecule has 25 heavy (non-hydrogen) atoms. The predicted octanol–water partition coefficient (Wildman–Crippen LogP) is 2.46. The molecule has 2 aliphatic rings. The summed E-state index contributed by atoms with van der Waals surface area (Å²) in [6, 6.07) is 0. The second-order valence-electron chi connectivity index (χ2n) is 9.68. The Labute approximate surface area is 154 Å². The molecule has 0 bridgehead atoms. The predicted molar refractivity (Wildman–Crippen MR) is 103 cm³/mol. The Hall–Kier alpha value is -0.650.